The van der Waals surface area contributed by atoms with Gasteiger partial charge in [0.2, 0.25) is 5.91 Å². The van der Waals surface area contributed by atoms with Crippen LogP contribution in [0.25, 0.3) is 5.69 Å². The minimum atomic E-state index is -0.531. The zero-order valence-corrected chi connectivity index (χ0v) is 16.2. The number of nitrogens with one attached hydrogen (secondary N) is 2. The average molecular weight is 401 g/mol. The number of amides is 3. The van der Waals surface area contributed by atoms with Gasteiger partial charge in [0, 0.05) is 6.04 Å². The van der Waals surface area contributed by atoms with E-state index in [1.54, 1.807) is 32.9 Å². The number of hydrogen-bond donors (Lipinski definition) is 2. The van der Waals surface area contributed by atoms with Gasteiger partial charge < -0.3 is 5.32 Å². The van der Waals surface area contributed by atoms with Crippen LogP contribution in [-0.2, 0) is 4.79 Å². The van der Waals surface area contributed by atoms with E-state index in [9.17, 15) is 14.0 Å². The van der Waals surface area contributed by atoms with Gasteiger partial charge in [-0.2, -0.15) is 0 Å². The van der Waals surface area contributed by atoms with Crippen LogP contribution in [0.15, 0.2) is 28.6 Å². The lowest BCUT2D eigenvalue weighted by molar-refractivity contribution is -0.119. The van der Waals surface area contributed by atoms with Gasteiger partial charge in [0.1, 0.15) is 5.82 Å². The first-order chi connectivity index (χ1) is 11.8. The highest BCUT2D eigenvalue weighted by atomic mass is 32.2. The first-order valence-electron chi connectivity index (χ1n) is 7.40. The van der Waals surface area contributed by atoms with E-state index in [0.29, 0.717) is 14.0 Å². The van der Waals surface area contributed by atoms with Crippen LogP contribution in [0.2, 0.25) is 0 Å². The molecule has 0 aliphatic heterocycles. The molecule has 25 heavy (non-hydrogen) atoms. The van der Waals surface area contributed by atoms with Gasteiger partial charge in [0.05, 0.1) is 10.9 Å². The van der Waals surface area contributed by atoms with Gasteiger partial charge in [-0.15, -0.1) is 5.10 Å². The molecule has 6 nitrogen and oxygen atoms in total. The van der Waals surface area contributed by atoms with Gasteiger partial charge in [0.25, 0.3) is 0 Å². The van der Waals surface area contributed by atoms with Crippen molar-refractivity contribution in [2.45, 2.75) is 36.4 Å². The maximum absolute atomic E-state index is 13.0. The van der Waals surface area contributed by atoms with E-state index in [0.717, 1.165) is 0 Å². The number of carbonyl (C=O) groups is 2. The van der Waals surface area contributed by atoms with Crippen molar-refractivity contribution in [3.05, 3.63) is 34.0 Å². The van der Waals surface area contributed by atoms with Crippen LogP contribution in [0.4, 0.5) is 9.18 Å². The third-order valence-corrected chi connectivity index (χ3v) is 5.32. The molecule has 0 radical (unpaired) electrons. The summed E-state index contributed by atoms with van der Waals surface area (Å²) in [7, 11) is 0. The van der Waals surface area contributed by atoms with Crippen LogP contribution >= 0.6 is 35.3 Å². The van der Waals surface area contributed by atoms with Crippen LogP contribution in [0.3, 0.4) is 0 Å². The molecular formula is C15H17FN4O2S3. The highest BCUT2D eigenvalue weighted by Gasteiger charge is 2.19. The van der Waals surface area contributed by atoms with E-state index < -0.39 is 17.2 Å². The molecule has 134 valence electrons. The van der Waals surface area contributed by atoms with Crippen molar-refractivity contribution in [2.75, 3.05) is 0 Å². The minimum Gasteiger partial charge on any atom is -0.336 e. The van der Waals surface area contributed by atoms with E-state index in [-0.39, 0.29) is 11.9 Å². The van der Waals surface area contributed by atoms with Crippen molar-refractivity contribution in [3.63, 3.8) is 0 Å². The largest absolute Gasteiger partial charge is 0.336 e. The second-order valence-electron chi connectivity index (χ2n) is 5.40. The fourth-order valence-corrected chi connectivity index (χ4v) is 4.28. The van der Waals surface area contributed by atoms with Crippen molar-refractivity contribution < 1.29 is 14.0 Å². The SMILES string of the molecule is CC(C)NC(=O)NC(=O)[C@H](C)Sc1nn(-c2ccc(F)cc2)c(=S)s1. The summed E-state index contributed by atoms with van der Waals surface area (Å²) < 4.78 is 15.6. The van der Waals surface area contributed by atoms with E-state index in [4.69, 9.17) is 12.2 Å². The third kappa shape index (κ3) is 5.62. The fourth-order valence-electron chi connectivity index (χ4n) is 1.77. The van der Waals surface area contributed by atoms with Gasteiger partial charge in [-0.25, -0.2) is 13.9 Å². The molecule has 1 atom stereocenters. The standard InChI is InChI=1S/C15H17FN4O2S3/c1-8(2)17-13(22)18-12(21)9(3)24-14-19-20(15(23)25-14)11-6-4-10(16)5-7-11/h4-9H,1-3H3,(H2,17,18,21,22)/t9-/m0/s1. The van der Waals surface area contributed by atoms with E-state index >= 15 is 0 Å². The lowest BCUT2D eigenvalue weighted by Gasteiger charge is -2.12. The summed E-state index contributed by atoms with van der Waals surface area (Å²) in [5.41, 5.74) is 0.642. The maximum Gasteiger partial charge on any atom is 0.321 e. The number of halogens is 1. The molecule has 0 fully saturated rings. The van der Waals surface area contributed by atoms with Gasteiger partial charge >= 0.3 is 6.03 Å². The van der Waals surface area contributed by atoms with Gasteiger partial charge in [-0.1, -0.05) is 23.1 Å². The molecule has 2 aromatic rings. The van der Waals surface area contributed by atoms with Crippen molar-refractivity contribution >= 4 is 47.3 Å². The van der Waals surface area contributed by atoms with Crippen LogP contribution in [-0.4, -0.2) is 33.0 Å². The second-order valence-corrected chi connectivity index (χ2v) is 8.61. The zero-order valence-electron chi connectivity index (χ0n) is 13.8. The smallest absolute Gasteiger partial charge is 0.321 e. The number of carbonyl (C=O) groups excluding carboxylic acids is 2. The Balaban J connectivity index is 2.04. The number of rotatable bonds is 5. The van der Waals surface area contributed by atoms with Crippen LogP contribution in [0.1, 0.15) is 20.8 Å². The van der Waals surface area contributed by atoms with E-state index in [1.807, 2.05) is 0 Å². The molecule has 1 aromatic carbocycles. The third-order valence-electron chi connectivity index (χ3n) is 2.90. The first kappa shape index (κ1) is 19.5. The molecule has 0 aliphatic rings. The van der Waals surface area contributed by atoms with Gasteiger partial charge in [-0.05, 0) is 57.3 Å². The summed E-state index contributed by atoms with van der Waals surface area (Å²) in [6.45, 7) is 5.28. The normalized spacial score (nSPS) is 12.0. The van der Waals surface area contributed by atoms with Crippen LogP contribution in [0, 0.1) is 9.77 Å². The Morgan fingerprint density at radius 2 is 1.92 bits per heavy atom. The highest BCUT2D eigenvalue weighted by molar-refractivity contribution is 8.02. The van der Waals surface area contributed by atoms with Crippen molar-refractivity contribution in [2.24, 2.45) is 0 Å². The van der Waals surface area contributed by atoms with Crippen molar-refractivity contribution in [3.8, 4) is 5.69 Å². The van der Waals surface area contributed by atoms with Crippen LogP contribution in [0.5, 0.6) is 0 Å². The zero-order chi connectivity index (χ0) is 18.6. The molecule has 10 heteroatoms. The summed E-state index contributed by atoms with van der Waals surface area (Å²) in [6.07, 6.45) is 0. The topological polar surface area (TPSA) is 76.0 Å². The Kier molecular flexibility index (Phi) is 6.68. The van der Waals surface area contributed by atoms with Gasteiger partial charge in [-0.3, -0.25) is 10.1 Å². The summed E-state index contributed by atoms with van der Waals surface area (Å²) in [6, 6.07) is 5.21. The second kappa shape index (κ2) is 8.54. The molecule has 0 saturated carbocycles. The molecule has 1 heterocycles. The number of benzene rings is 1. The molecule has 2 rings (SSSR count). The summed E-state index contributed by atoms with van der Waals surface area (Å²) in [4.78, 5) is 23.6. The lowest BCUT2D eigenvalue weighted by Crippen LogP contribution is -2.45. The molecule has 0 aliphatic carbocycles. The molecule has 3 amide bonds. The molecule has 1 aromatic heterocycles. The summed E-state index contributed by atoms with van der Waals surface area (Å²) >= 11 is 7.71. The van der Waals surface area contributed by atoms with Gasteiger partial charge in [0.15, 0.2) is 8.29 Å². The maximum atomic E-state index is 13.0. The predicted octanol–water partition coefficient (Wildman–Crippen LogP) is 3.52. The molecule has 0 bridgehead atoms. The Labute approximate surface area is 157 Å². The van der Waals surface area contributed by atoms with Crippen molar-refractivity contribution in [1.29, 1.82) is 0 Å². The fraction of sp³-hybridized carbons (Fsp3) is 0.333. The molecule has 2 N–H and O–H groups in total. The van der Waals surface area contributed by atoms with Crippen molar-refractivity contribution in [1.82, 2.24) is 20.4 Å². The van der Waals surface area contributed by atoms with Crippen LogP contribution < -0.4 is 10.6 Å². The molecule has 0 unspecified atom stereocenters. The quantitative estimate of drug-likeness (QED) is 0.593. The molecular weight excluding hydrogens is 383 g/mol. The number of urea groups is 1. The Bertz CT molecular complexity index is 817. The molecule has 0 spiro atoms. The lowest BCUT2D eigenvalue weighted by atomic mass is 10.3. The number of hydrogen-bond acceptors (Lipinski definition) is 6. The minimum absolute atomic E-state index is 0.0628. The predicted molar refractivity (Wildman–Crippen MR) is 99.4 cm³/mol. The number of aromatic nitrogens is 2. The Morgan fingerprint density at radius 3 is 2.52 bits per heavy atom. The Hall–Kier alpha value is -1.78. The number of thioether (sulfide) groups is 1. The van der Waals surface area contributed by atoms with E-state index in [2.05, 4.69) is 15.7 Å². The number of nitrogens with zero attached hydrogens (tertiary/aromatic N) is 2. The summed E-state index contributed by atoms with van der Waals surface area (Å²) in [5, 5.41) is 8.69. The van der Waals surface area contributed by atoms with E-state index in [1.165, 1.54) is 39.9 Å². The average Bonchev–Trinajstić information content (AvgIpc) is 2.87. The monoisotopic (exact) mass is 400 g/mol. The first-order valence-corrected chi connectivity index (χ1v) is 9.51. The highest BCUT2D eigenvalue weighted by Crippen LogP contribution is 2.27. The summed E-state index contributed by atoms with van der Waals surface area (Å²) in [5.74, 6) is -0.761. The Morgan fingerprint density at radius 1 is 1.28 bits per heavy atom. The number of imide groups is 1. The molecule has 0 saturated heterocycles.